The molecule has 7 nitrogen and oxygen atoms in total. The topological polar surface area (TPSA) is 78.0 Å². The van der Waals surface area contributed by atoms with Crippen molar-refractivity contribution in [1.82, 2.24) is 15.5 Å². The van der Waals surface area contributed by atoms with Gasteiger partial charge in [0, 0.05) is 45.1 Å². The summed E-state index contributed by atoms with van der Waals surface area (Å²) in [5.41, 5.74) is 1.88. The Morgan fingerprint density at radius 2 is 1.90 bits per heavy atom. The zero-order valence-electron chi connectivity index (χ0n) is 18.7. The summed E-state index contributed by atoms with van der Waals surface area (Å²) < 4.78 is 5.45. The first kappa shape index (κ1) is 26.5. The highest BCUT2D eigenvalue weighted by atomic mass is 127. The van der Waals surface area contributed by atoms with Gasteiger partial charge in [0.05, 0.1) is 6.54 Å². The van der Waals surface area contributed by atoms with Crippen LogP contribution in [0.15, 0.2) is 29.3 Å². The molecule has 0 bridgehead atoms. The molecule has 3 N–H and O–H groups in total. The van der Waals surface area contributed by atoms with Gasteiger partial charge in [0.1, 0.15) is 0 Å². The second-order valence-electron chi connectivity index (χ2n) is 7.89. The summed E-state index contributed by atoms with van der Waals surface area (Å²) in [6, 6.07) is 7.74. The largest absolute Gasteiger partial charge is 0.381 e. The molecule has 170 valence electrons. The van der Waals surface area contributed by atoms with Crippen molar-refractivity contribution in [3.8, 4) is 0 Å². The summed E-state index contributed by atoms with van der Waals surface area (Å²) in [6.45, 7) is 10.2. The number of rotatable bonds is 8. The molecule has 0 aromatic heterocycles. The summed E-state index contributed by atoms with van der Waals surface area (Å²) in [7, 11) is 2.10. The maximum absolute atomic E-state index is 11.8. The van der Waals surface area contributed by atoms with E-state index in [1.165, 1.54) is 6.42 Å². The highest BCUT2D eigenvalue weighted by molar-refractivity contribution is 14.0. The summed E-state index contributed by atoms with van der Waals surface area (Å²) in [5, 5.41) is 9.03. The first-order chi connectivity index (χ1) is 14.0. The SMILES string of the molecule is CCNC(=NCc1ccc(NC(=O)NC(C)C)cc1)N(C)CCC1CCOCC1.I. The number of benzene rings is 1. The predicted molar refractivity (Wildman–Crippen MR) is 135 cm³/mol. The Morgan fingerprint density at radius 3 is 2.50 bits per heavy atom. The van der Waals surface area contributed by atoms with Crippen molar-refractivity contribution < 1.29 is 9.53 Å². The average Bonchev–Trinajstić information content (AvgIpc) is 2.70. The van der Waals surface area contributed by atoms with Crippen LogP contribution in [0, 0.1) is 5.92 Å². The third-order valence-electron chi connectivity index (χ3n) is 4.95. The number of ether oxygens (including phenoxy) is 1. The molecule has 1 aromatic rings. The molecule has 1 fully saturated rings. The number of nitrogens with one attached hydrogen (secondary N) is 3. The lowest BCUT2D eigenvalue weighted by Crippen LogP contribution is -2.40. The third kappa shape index (κ3) is 9.97. The first-order valence-electron chi connectivity index (χ1n) is 10.7. The van der Waals surface area contributed by atoms with E-state index in [0.29, 0.717) is 6.54 Å². The molecule has 0 spiro atoms. The van der Waals surface area contributed by atoms with Crippen molar-refractivity contribution >= 4 is 41.7 Å². The molecule has 1 saturated heterocycles. The van der Waals surface area contributed by atoms with Gasteiger partial charge in [-0.05, 0) is 63.6 Å². The van der Waals surface area contributed by atoms with Crippen molar-refractivity contribution in [2.45, 2.75) is 52.6 Å². The minimum absolute atomic E-state index is 0. The van der Waals surface area contributed by atoms with E-state index in [9.17, 15) is 4.79 Å². The van der Waals surface area contributed by atoms with Gasteiger partial charge in [0.25, 0.3) is 0 Å². The molecule has 0 atom stereocenters. The Labute approximate surface area is 198 Å². The van der Waals surface area contributed by atoms with Crippen LogP contribution >= 0.6 is 24.0 Å². The second kappa shape index (κ2) is 14.5. The van der Waals surface area contributed by atoms with E-state index < -0.39 is 0 Å². The monoisotopic (exact) mass is 531 g/mol. The van der Waals surface area contributed by atoms with E-state index in [-0.39, 0.29) is 36.0 Å². The molecule has 0 radical (unpaired) electrons. The van der Waals surface area contributed by atoms with Crippen LogP contribution in [-0.2, 0) is 11.3 Å². The van der Waals surface area contributed by atoms with Gasteiger partial charge in [-0.25, -0.2) is 9.79 Å². The molecule has 0 unspecified atom stereocenters. The number of hydrogen-bond donors (Lipinski definition) is 3. The van der Waals surface area contributed by atoms with E-state index in [4.69, 9.17) is 9.73 Å². The lowest BCUT2D eigenvalue weighted by atomic mass is 9.96. The van der Waals surface area contributed by atoms with Gasteiger partial charge in [-0.3, -0.25) is 0 Å². The van der Waals surface area contributed by atoms with Gasteiger partial charge in [-0.1, -0.05) is 12.1 Å². The van der Waals surface area contributed by atoms with E-state index in [1.54, 1.807) is 0 Å². The maximum Gasteiger partial charge on any atom is 0.319 e. The number of carbonyl (C=O) groups excluding carboxylic acids is 1. The van der Waals surface area contributed by atoms with Crippen LogP contribution in [0.2, 0.25) is 0 Å². The molecule has 1 aromatic carbocycles. The van der Waals surface area contributed by atoms with Gasteiger partial charge in [-0.15, -0.1) is 24.0 Å². The fraction of sp³-hybridized carbons (Fsp3) is 0.636. The van der Waals surface area contributed by atoms with Crippen LogP contribution in [0.5, 0.6) is 0 Å². The Kier molecular flexibility index (Phi) is 12.8. The fourth-order valence-electron chi connectivity index (χ4n) is 3.28. The highest BCUT2D eigenvalue weighted by Gasteiger charge is 2.15. The van der Waals surface area contributed by atoms with E-state index >= 15 is 0 Å². The van der Waals surface area contributed by atoms with Crippen molar-refractivity contribution in [2.24, 2.45) is 10.9 Å². The second-order valence-corrected chi connectivity index (χ2v) is 7.89. The molecule has 30 heavy (non-hydrogen) atoms. The van der Waals surface area contributed by atoms with E-state index in [2.05, 4.69) is 34.8 Å². The lowest BCUT2D eigenvalue weighted by molar-refractivity contribution is 0.0625. The summed E-state index contributed by atoms with van der Waals surface area (Å²) in [4.78, 5) is 18.8. The van der Waals surface area contributed by atoms with E-state index in [0.717, 1.165) is 62.3 Å². The quantitative estimate of drug-likeness (QED) is 0.269. The van der Waals surface area contributed by atoms with Crippen LogP contribution in [0.25, 0.3) is 0 Å². The molecule has 8 heteroatoms. The zero-order valence-corrected chi connectivity index (χ0v) is 21.1. The average molecular weight is 531 g/mol. The summed E-state index contributed by atoms with van der Waals surface area (Å²) in [6.07, 6.45) is 3.50. The third-order valence-corrected chi connectivity index (χ3v) is 4.95. The molecular weight excluding hydrogens is 493 g/mol. The molecule has 2 rings (SSSR count). The molecule has 0 saturated carbocycles. The van der Waals surface area contributed by atoms with Gasteiger partial charge in [0.15, 0.2) is 5.96 Å². The Hall–Kier alpha value is -1.55. The fourth-order valence-corrected chi connectivity index (χ4v) is 3.28. The molecular formula is C22H38IN5O2. The number of anilines is 1. The molecule has 0 aliphatic carbocycles. The number of carbonyl (C=O) groups is 1. The molecule has 2 amide bonds. The zero-order chi connectivity index (χ0) is 21.1. The van der Waals surface area contributed by atoms with Gasteiger partial charge < -0.3 is 25.6 Å². The van der Waals surface area contributed by atoms with Crippen molar-refractivity contribution in [1.29, 1.82) is 0 Å². The number of amides is 2. The maximum atomic E-state index is 11.8. The number of halogens is 1. The van der Waals surface area contributed by atoms with E-state index in [1.807, 2.05) is 38.1 Å². The minimum Gasteiger partial charge on any atom is -0.381 e. The van der Waals surface area contributed by atoms with Crippen LogP contribution in [0.3, 0.4) is 0 Å². The summed E-state index contributed by atoms with van der Waals surface area (Å²) in [5.74, 6) is 1.68. The number of nitrogens with zero attached hydrogens (tertiary/aromatic N) is 2. The normalized spacial score (nSPS) is 14.8. The van der Waals surface area contributed by atoms with Crippen LogP contribution < -0.4 is 16.0 Å². The van der Waals surface area contributed by atoms with Crippen LogP contribution in [0.1, 0.15) is 45.6 Å². The van der Waals surface area contributed by atoms with Crippen molar-refractivity contribution in [3.05, 3.63) is 29.8 Å². The Morgan fingerprint density at radius 1 is 1.23 bits per heavy atom. The van der Waals surface area contributed by atoms with Crippen molar-refractivity contribution in [3.63, 3.8) is 0 Å². The molecule has 1 aliphatic heterocycles. The Balaban J connectivity index is 0.00000450. The van der Waals surface area contributed by atoms with Gasteiger partial charge >= 0.3 is 6.03 Å². The minimum atomic E-state index is -0.189. The highest BCUT2D eigenvalue weighted by Crippen LogP contribution is 2.18. The number of urea groups is 1. The number of guanidine groups is 1. The van der Waals surface area contributed by atoms with Crippen LogP contribution in [-0.4, -0.2) is 56.3 Å². The molecule has 1 heterocycles. The molecule has 1 aliphatic rings. The lowest BCUT2D eigenvalue weighted by Gasteiger charge is -2.26. The smallest absolute Gasteiger partial charge is 0.319 e. The standard InChI is InChI=1S/C22H37N5O2.HI/c1-5-23-21(27(4)13-10-18-11-14-29-15-12-18)24-16-19-6-8-20(9-7-19)26-22(28)25-17(2)3;/h6-9,17-18H,5,10-16H2,1-4H3,(H,23,24)(H2,25,26,28);1H. The van der Waals surface area contributed by atoms with Gasteiger partial charge in [-0.2, -0.15) is 0 Å². The van der Waals surface area contributed by atoms with Gasteiger partial charge in [0.2, 0.25) is 0 Å². The number of aliphatic imine (C=N–C) groups is 1. The van der Waals surface area contributed by atoms with Crippen molar-refractivity contribution in [2.75, 3.05) is 38.7 Å². The first-order valence-corrected chi connectivity index (χ1v) is 10.7. The number of hydrogen-bond acceptors (Lipinski definition) is 3. The Bertz CT molecular complexity index is 645. The predicted octanol–water partition coefficient (Wildman–Crippen LogP) is 4.05. The van der Waals surface area contributed by atoms with Crippen LogP contribution in [0.4, 0.5) is 10.5 Å². The summed E-state index contributed by atoms with van der Waals surface area (Å²) >= 11 is 0.